The molecule has 1 heterocycles. The van der Waals surface area contributed by atoms with E-state index in [0.717, 1.165) is 10.9 Å². The van der Waals surface area contributed by atoms with Crippen LogP contribution in [0.2, 0.25) is 0 Å². The lowest BCUT2D eigenvalue weighted by Gasteiger charge is -2.06. The molecule has 0 aliphatic heterocycles. The highest BCUT2D eigenvalue weighted by atomic mass is 16.5. The molecule has 0 aliphatic rings. The van der Waals surface area contributed by atoms with Gasteiger partial charge in [-0.25, -0.2) is 0 Å². The Morgan fingerprint density at radius 2 is 1.84 bits per heavy atom. The van der Waals surface area contributed by atoms with E-state index in [4.69, 9.17) is 9.47 Å². The van der Waals surface area contributed by atoms with Gasteiger partial charge in [0.05, 0.1) is 13.2 Å². The van der Waals surface area contributed by atoms with E-state index in [9.17, 15) is 14.9 Å². The number of carbonyl (C=O) groups excluding carboxylic acids is 2. The highest BCUT2D eigenvalue weighted by molar-refractivity contribution is 6.10. The van der Waals surface area contributed by atoms with Crippen molar-refractivity contribution >= 4 is 34.5 Å². The van der Waals surface area contributed by atoms with Gasteiger partial charge in [0.25, 0.3) is 5.91 Å². The lowest BCUT2D eigenvalue weighted by Crippen LogP contribution is -2.13. The summed E-state index contributed by atoms with van der Waals surface area (Å²) in [5, 5.41) is 13.1. The van der Waals surface area contributed by atoms with Crippen LogP contribution < -0.4 is 10.1 Å². The molecular formula is C24H23N3O4. The average molecular weight is 417 g/mol. The number of nitrogens with one attached hydrogen (secondary N) is 1. The van der Waals surface area contributed by atoms with E-state index in [1.807, 2.05) is 37.3 Å². The first-order valence-electron chi connectivity index (χ1n) is 9.95. The van der Waals surface area contributed by atoms with Crippen molar-refractivity contribution in [3.8, 4) is 11.8 Å². The molecule has 7 heteroatoms. The van der Waals surface area contributed by atoms with Crippen molar-refractivity contribution in [2.45, 2.75) is 20.4 Å². The normalized spacial score (nSPS) is 11.1. The van der Waals surface area contributed by atoms with E-state index in [1.54, 1.807) is 42.0 Å². The highest BCUT2D eigenvalue weighted by Gasteiger charge is 2.14. The molecule has 0 unspecified atom stereocenters. The Morgan fingerprint density at radius 3 is 2.52 bits per heavy atom. The highest BCUT2D eigenvalue weighted by Crippen LogP contribution is 2.24. The van der Waals surface area contributed by atoms with Crippen molar-refractivity contribution < 1.29 is 19.1 Å². The number of nitrogens with zero attached hydrogens (tertiary/aromatic N) is 2. The van der Waals surface area contributed by atoms with Crippen LogP contribution in [-0.2, 0) is 20.9 Å². The quantitative estimate of drug-likeness (QED) is 0.338. The number of benzene rings is 2. The topological polar surface area (TPSA) is 93.4 Å². The summed E-state index contributed by atoms with van der Waals surface area (Å²) in [5.74, 6) is -0.174. The smallest absolute Gasteiger partial charge is 0.325 e. The van der Waals surface area contributed by atoms with Crippen molar-refractivity contribution in [2.75, 3.05) is 18.5 Å². The summed E-state index contributed by atoms with van der Waals surface area (Å²) in [4.78, 5) is 24.6. The molecule has 1 amide bonds. The average Bonchev–Trinajstić information content (AvgIpc) is 3.11. The van der Waals surface area contributed by atoms with Gasteiger partial charge in [-0.1, -0.05) is 18.2 Å². The Kier molecular flexibility index (Phi) is 7.07. The van der Waals surface area contributed by atoms with Crippen LogP contribution in [0.1, 0.15) is 19.4 Å². The number of anilines is 1. The summed E-state index contributed by atoms with van der Waals surface area (Å²) in [7, 11) is 0. The number of nitriles is 1. The van der Waals surface area contributed by atoms with Gasteiger partial charge in [0, 0.05) is 28.4 Å². The number of amides is 1. The Hall–Kier alpha value is -4.05. The number of esters is 1. The van der Waals surface area contributed by atoms with E-state index < -0.39 is 5.91 Å². The number of fused-ring (bicyclic) bond motifs is 1. The zero-order valence-corrected chi connectivity index (χ0v) is 17.4. The minimum absolute atomic E-state index is 0.0441. The first-order valence-corrected chi connectivity index (χ1v) is 9.95. The first kappa shape index (κ1) is 21.7. The predicted molar refractivity (Wildman–Crippen MR) is 118 cm³/mol. The van der Waals surface area contributed by atoms with Gasteiger partial charge in [-0.3, -0.25) is 9.59 Å². The molecular weight excluding hydrogens is 394 g/mol. The molecule has 31 heavy (non-hydrogen) atoms. The zero-order valence-electron chi connectivity index (χ0n) is 17.4. The van der Waals surface area contributed by atoms with Gasteiger partial charge in [0.1, 0.15) is 23.9 Å². The van der Waals surface area contributed by atoms with E-state index >= 15 is 0 Å². The second kappa shape index (κ2) is 10.1. The number of hydrogen-bond acceptors (Lipinski definition) is 5. The van der Waals surface area contributed by atoms with E-state index in [0.29, 0.717) is 30.2 Å². The molecule has 3 rings (SSSR count). The fourth-order valence-electron chi connectivity index (χ4n) is 3.17. The number of carbonyl (C=O) groups is 2. The number of para-hydroxylation sites is 1. The Morgan fingerprint density at radius 1 is 1.10 bits per heavy atom. The molecule has 0 fully saturated rings. The van der Waals surface area contributed by atoms with Crippen LogP contribution in [0.15, 0.2) is 60.3 Å². The van der Waals surface area contributed by atoms with Gasteiger partial charge in [0.2, 0.25) is 0 Å². The van der Waals surface area contributed by atoms with Crippen molar-refractivity contribution in [1.82, 2.24) is 4.57 Å². The number of aromatic nitrogens is 1. The SMILES string of the molecule is CCOC(=O)Cn1cc(C=C(C#N)C(=O)Nc2ccc(OCC)cc2)c2ccccc21. The second-order valence-electron chi connectivity index (χ2n) is 6.62. The van der Waals surface area contributed by atoms with Gasteiger partial charge in [-0.05, 0) is 50.3 Å². The fraction of sp³-hybridized carbons (Fsp3) is 0.208. The Balaban J connectivity index is 1.86. The lowest BCUT2D eigenvalue weighted by molar-refractivity contribution is -0.143. The minimum Gasteiger partial charge on any atom is -0.494 e. The molecule has 3 aromatic rings. The Labute approximate surface area is 180 Å². The van der Waals surface area contributed by atoms with E-state index in [1.165, 1.54) is 6.08 Å². The van der Waals surface area contributed by atoms with Crippen molar-refractivity contribution in [2.24, 2.45) is 0 Å². The van der Waals surface area contributed by atoms with Crippen LogP contribution in [0.4, 0.5) is 5.69 Å². The maximum atomic E-state index is 12.7. The lowest BCUT2D eigenvalue weighted by atomic mass is 10.1. The van der Waals surface area contributed by atoms with Crippen LogP contribution in [0.5, 0.6) is 5.75 Å². The summed E-state index contributed by atoms with van der Waals surface area (Å²) in [6, 6.07) is 16.4. The molecule has 2 aromatic carbocycles. The third-order valence-electron chi connectivity index (χ3n) is 4.51. The predicted octanol–water partition coefficient (Wildman–Crippen LogP) is 4.15. The van der Waals surface area contributed by atoms with Crippen LogP contribution >= 0.6 is 0 Å². The van der Waals surface area contributed by atoms with E-state index in [2.05, 4.69) is 5.32 Å². The monoisotopic (exact) mass is 417 g/mol. The zero-order chi connectivity index (χ0) is 22.2. The first-order chi connectivity index (χ1) is 15.0. The number of ether oxygens (including phenoxy) is 2. The molecule has 158 valence electrons. The van der Waals surface area contributed by atoms with Crippen LogP contribution in [0.3, 0.4) is 0 Å². The standard InChI is InChI=1S/C24H23N3O4/c1-3-30-20-11-9-19(10-12-20)26-24(29)17(14-25)13-18-15-27(16-23(28)31-4-2)22-8-6-5-7-21(18)22/h5-13,15H,3-4,16H2,1-2H3,(H,26,29). The summed E-state index contributed by atoms with van der Waals surface area (Å²) in [6.07, 6.45) is 3.26. The number of rotatable bonds is 8. The molecule has 1 aromatic heterocycles. The summed E-state index contributed by atoms with van der Waals surface area (Å²) in [5.41, 5.74) is 1.98. The summed E-state index contributed by atoms with van der Waals surface area (Å²) in [6.45, 7) is 4.54. The summed E-state index contributed by atoms with van der Waals surface area (Å²) < 4.78 is 12.2. The maximum absolute atomic E-state index is 12.7. The molecule has 0 saturated heterocycles. The van der Waals surface area contributed by atoms with Crippen molar-refractivity contribution in [3.05, 3.63) is 65.9 Å². The molecule has 1 N–H and O–H groups in total. The summed E-state index contributed by atoms with van der Waals surface area (Å²) >= 11 is 0. The van der Waals surface area contributed by atoms with Gasteiger partial charge >= 0.3 is 5.97 Å². The number of hydrogen-bond donors (Lipinski definition) is 1. The van der Waals surface area contributed by atoms with Gasteiger partial charge in [-0.15, -0.1) is 0 Å². The molecule has 0 spiro atoms. The van der Waals surface area contributed by atoms with E-state index in [-0.39, 0.29) is 18.1 Å². The molecule has 7 nitrogen and oxygen atoms in total. The van der Waals surface area contributed by atoms with Crippen LogP contribution in [0.25, 0.3) is 17.0 Å². The largest absolute Gasteiger partial charge is 0.494 e. The van der Waals surface area contributed by atoms with Gasteiger partial charge in [0.15, 0.2) is 0 Å². The fourth-order valence-corrected chi connectivity index (χ4v) is 3.17. The molecule has 0 aliphatic carbocycles. The third kappa shape index (κ3) is 5.31. The minimum atomic E-state index is -0.520. The van der Waals surface area contributed by atoms with Gasteiger partial charge < -0.3 is 19.4 Å². The Bertz CT molecular complexity index is 1150. The van der Waals surface area contributed by atoms with Crippen molar-refractivity contribution in [1.29, 1.82) is 5.26 Å². The second-order valence-corrected chi connectivity index (χ2v) is 6.62. The molecule has 0 radical (unpaired) electrons. The van der Waals surface area contributed by atoms with Crippen LogP contribution in [-0.4, -0.2) is 29.7 Å². The molecule has 0 atom stereocenters. The van der Waals surface area contributed by atoms with Crippen molar-refractivity contribution in [3.63, 3.8) is 0 Å². The van der Waals surface area contributed by atoms with Gasteiger partial charge in [-0.2, -0.15) is 5.26 Å². The van der Waals surface area contributed by atoms with Crippen LogP contribution in [0, 0.1) is 11.3 Å². The molecule has 0 bridgehead atoms. The maximum Gasteiger partial charge on any atom is 0.325 e. The molecule has 0 saturated carbocycles. The third-order valence-corrected chi connectivity index (χ3v) is 4.51.